The van der Waals surface area contributed by atoms with Gasteiger partial charge in [0.1, 0.15) is 0 Å². The van der Waals surface area contributed by atoms with Gasteiger partial charge in [-0.05, 0) is 85.9 Å². The molecule has 2 fully saturated rings. The molecule has 2 aliphatic carbocycles. The number of fused-ring (bicyclic) bond motifs is 1. The van der Waals surface area contributed by atoms with Gasteiger partial charge in [-0.15, -0.1) is 0 Å². The minimum Gasteiger partial charge on any atom is -0.0622 e. The molecule has 0 radical (unpaired) electrons. The second kappa shape index (κ2) is 12.7. The van der Waals surface area contributed by atoms with Crippen LogP contribution in [0.5, 0.6) is 0 Å². The summed E-state index contributed by atoms with van der Waals surface area (Å²) in [5.74, 6) is 3.51. The fourth-order valence-electron chi connectivity index (χ4n) is 7.14. The van der Waals surface area contributed by atoms with Gasteiger partial charge in [0.05, 0.1) is 0 Å². The van der Waals surface area contributed by atoms with Gasteiger partial charge < -0.3 is 0 Å². The van der Waals surface area contributed by atoms with Crippen molar-refractivity contribution < 1.29 is 0 Å². The molecule has 2 heteroatoms. The highest BCUT2D eigenvalue weighted by Crippen LogP contribution is 2.52. The smallest absolute Gasteiger partial charge is 0.0195 e. The summed E-state index contributed by atoms with van der Waals surface area (Å²) in [6.45, 7) is 0. The zero-order valence-electron chi connectivity index (χ0n) is 22.4. The van der Waals surface area contributed by atoms with Crippen LogP contribution in [0.25, 0.3) is 0 Å². The molecule has 0 N–H and O–H groups in total. The lowest BCUT2D eigenvalue weighted by atomic mass is 9.64. The maximum absolute atomic E-state index is 2.39. The monoisotopic (exact) mass is 534 g/mol. The number of hydrogen-bond donors (Lipinski definition) is 0. The van der Waals surface area contributed by atoms with Crippen molar-refractivity contribution in [3.05, 3.63) is 121 Å². The largest absolute Gasteiger partial charge is 0.0622 e. The SMILES string of the molecule is c1ccc(P(C[C@H]2C[C@H]3CCCC[C@@H]3C[C@@H]2CP(c2ccccc2)c2ccccc2)c2ccccc2)cc1. The summed E-state index contributed by atoms with van der Waals surface area (Å²) in [6, 6.07) is 45.7. The minimum atomic E-state index is -0.351. The van der Waals surface area contributed by atoms with Gasteiger partial charge in [0.2, 0.25) is 0 Å². The summed E-state index contributed by atoms with van der Waals surface area (Å²) in [5, 5.41) is 6.19. The topological polar surface area (TPSA) is 0 Å². The molecular formula is C36H40P2. The first-order valence-corrected chi connectivity index (χ1v) is 17.7. The Hall–Kier alpha value is -2.26. The van der Waals surface area contributed by atoms with E-state index in [4.69, 9.17) is 0 Å². The van der Waals surface area contributed by atoms with Crippen LogP contribution >= 0.6 is 15.8 Å². The van der Waals surface area contributed by atoms with E-state index in [1.165, 1.54) is 50.8 Å². The highest BCUT2D eigenvalue weighted by atomic mass is 31.1. The van der Waals surface area contributed by atoms with Crippen molar-refractivity contribution in [2.45, 2.75) is 38.5 Å². The molecule has 194 valence electrons. The van der Waals surface area contributed by atoms with Crippen LogP contribution in [0.1, 0.15) is 38.5 Å². The minimum absolute atomic E-state index is 0.351. The molecule has 0 saturated heterocycles. The van der Waals surface area contributed by atoms with E-state index in [2.05, 4.69) is 121 Å². The maximum Gasteiger partial charge on any atom is -0.0195 e. The predicted octanol–water partition coefficient (Wildman–Crippen LogP) is 8.08. The Morgan fingerprint density at radius 2 is 0.711 bits per heavy atom. The molecule has 4 aromatic carbocycles. The lowest BCUT2D eigenvalue weighted by molar-refractivity contribution is 0.0977. The molecule has 2 saturated carbocycles. The Labute approximate surface area is 232 Å². The summed E-state index contributed by atoms with van der Waals surface area (Å²) in [4.78, 5) is 0. The predicted molar refractivity (Wildman–Crippen MR) is 170 cm³/mol. The van der Waals surface area contributed by atoms with Gasteiger partial charge >= 0.3 is 0 Å². The van der Waals surface area contributed by atoms with Crippen LogP contribution in [0.15, 0.2) is 121 Å². The Bertz CT molecular complexity index is 1060. The molecule has 38 heavy (non-hydrogen) atoms. The van der Waals surface area contributed by atoms with Gasteiger partial charge in [-0.1, -0.05) is 147 Å². The van der Waals surface area contributed by atoms with Gasteiger partial charge in [-0.25, -0.2) is 0 Å². The van der Waals surface area contributed by atoms with Crippen LogP contribution in [0.2, 0.25) is 0 Å². The van der Waals surface area contributed by atoms with Gasteiger partial charge in [-0.2, -0.15) is 0 Å². The molecule has 0 nitrogen and oxygen atoms in total. The fourth-order valence-corrected chi connectivity index (χ4v) is 12.5. The molecular weight excluding hydrogens is 494 g/mol. The molecule has 0 aromatic heterocycles. The number of rotatable bonds is 8. The van der Waals surface area contributed by atoms with Gasteiger partial charge in [0.25, 0.3) is 0 Å². The lowest BCUT2D eigenvalue weighted by Crippen LogP contribution is -2.38. The normalized spacial score (nSPS) is 23.3. The van der Waals surface area contributed by atoms with E-state index in [-0.39, 0.29) is 15.8 Å². The Morgan fingerprint density at radius 1 is 0.421 bits per heavy atom. The molecule has 4 atom stereocenters. The molecule has 2 aliphatic rings. The maximum atomic E-state index is 2.39. The summed E-state index contributed by atoms with van der Waals surface area (Å²) in [5.41, 5.74) is 0. The Balaban J connectivity index is 1.34. The first-order valence-electron chi connectivity index (χ1n) is 14.6. The molecule has 4 aromatic rings. The zero-order chi connectivity index (χ0) is 25.6. The molecule has 0 spiro atoms. The molecule has 0 aliphatic heterocycles. The highest BCUT2D eigenvalue weighted by molar-refractivity contribution is 7.73. The standard InChI is InChI=1S/C36H40P2/c1-5-17-33(18-6-1)37(34-19-7-2-8-20-34)27-31-25-29-15-13-14-16-30(29)26-32(31)28-38(35-21-9-3-10-22-35)36-23-11-4-12-24-36/h1-12,17-24,29-32H,13-16,25-28H2/t29-,30-,31-,32-/m1/s1. The molecule has 6 rings (SSSR count). The van der Waals surface area contributed by atoms with E-state index in [1.807, 2.05) is 0 Å². The molecule has 0 heterocycles. The van der Waals surface area contributed by atoms with Crippen molar-refractivity contribution in [1.29, 1.82) is 0 Å². The van der Waals surface area contributed by atoms with Crippen molar-refractivity contribution in [2.24, 2.45) is 23.7 Å². The van der Waals surface area contributed by atoms with Crippen LogP contribution in [0.4, 0.5) is 0 Å². The second-order valence-electron chi connectivity index (χ2n) is 11.4. The number of hydrogen-bond acceptors (Lipinski definition) is 0. The van der Waals surface area contributed by atoms with E-state index in [9.17, 15) is 0 Å². The van der Waals surface area contributed by atoms with Crippen LogP contribution in [0.3, 0.4) is 0 Å². The third kappa shape index (κ3) is 6.14. The Kier molecular flexibility index (Phi) is 8.71. The van der Waals surface area contributed by atoms with Crippen molar-refractivity contribution in [3.8, 4) is 0 Å². The van der Waals surface area contributed by atoms with Crippen LogP contribution in [0, 0.1) is 23.7 Å². The van der Waals surface area contributed by atoms with E-state index in [0.717, 1.165) is 23.7 Å². The first-order chi connectivity index (χ1) is 18.8. The third-order valence-corrected chi connectivity index (χ3v) is 14.4. The van der Waals surface area contributed by atoms with Gasteiger partial charge in [0, 0.05) is 0 Å². The summed E-state index contributed by atoms with van der Waals surface area (Å²) < 4.78 is 0. The summed E-state index contributed by atoms with van der Waals surface area (Å²) in [6.07, 6.45) is 11.4. The van der Waals surface area contributed by atoms with E-state index < -0.39 is 0 Å². The van der Waals surface area contributed by atoms with Crippen LogP contribution < -0.4 is 21.2 Å². The van der Waals surface area contributed by atoms with Gasteiger partial charge in [0.15, 0.2) is 0 Å². The molecule has 0 amide bonds. The van der Waals surface area contributed by atoms with E-state index >= 15 is 0 Å². The van der Waals surface area contributed by atoms with E-state index in [0.29, 0.717) is 0 Å². The highest BCUT2D eigenvalue weighted by Gasteiger charge is 2.40. The molecule has 0 bridgehead atoms. The first kappa shape index (κ1) is 26.0. The zero-order valence-corrected chi connectivity index (χ0v) is 24.2. The fraction of sp³-hybridized carbons (Fsp3) is 0.333. The van der Waals surface area contributed by atoms with E-state index in [1.54, 1.807) is 21.2 Å². The van der Waals surface area contributed by atoms with Gasteiger partial charge in [-0.3, -0.25) is 0 Å². The Morgan fingerprint density at radius 3 is 1.00 bits per heavy atom. The average molecular weight is 535 g/mol. The second-order valence-corrected chi connectivity index (χ2v) is 15.9. The lowest BCUT2D eigenvalue weighted by Gasteiger charge is -2.46. The summed E-state index contributed by atoms with van der Waals surface area (Å²) in [7, 11) is -0.702. The number of benzene rings is 4. The van der Waals surface area contributed by atoms with Crippen molar-refractivity contribution in [2.75, 3.05) is 12.3 Å². The third-order valence-electron chi connectivity index (χ3n) is 9.05. The van der Waals surface area contributed by atoms with Crippen molar-refractivity contribution in [1.82, 2.24) is 0 Å². The van der Waals surface area contributed by atoms with Crippen molar-refractivity contribution in [3.63, 3.8) is 0 Å². The average Bonchev–Trinajstić information content (AvgIpc) is 3.00. The van der Waals surface area contributed by atoms with Crippen LogP contribution in [-0.2, 0) is 0 Å². The quantitative estimate of drug-likeness (QED) is 0.201. The van der Waals surface area contributed by atoms with Crippen LogP contribution in [-0.4, -0.2) is 12.3 Å². The molecule has 0 unspecified atom stereocenters. The summed E-state index contributed by atoms with van der Waals surface area (Å²) >= 11 is 0. The van der Waals surface area contributed by atoms with Crippen molar-refractivity contribution >= 4 is 37.1 Å².